The normalized spacial score (nSPS) is 17.1. The summed E-state index contributed by atoms with van der Waals surface area (Å²) in [5.74, 6) is 0.626. The van der Waals surface area contributed by atoms with Crippen molar-refractivity contribution in [3.63, 3.8) is 0 Å². The van der Waals surface area contributed by atoms with E-state index in [-0.39, 0.29) is 47.6 Å². The summed E-state index contributed by atoms with van der Waals surface area (Å²) in [5, 5.41) is 0. The van der Waals surface area contributed by atoms with E-state index in [0.29, 0.717) is 31.8 Å². The zero-order chi connectivity index (χ0) is 25.9. The van der Waals surface area contributed by atoms with E-state index < -0.39 is 5.56 Å². The van der Waals surface area contributed by atoms with E-state index in [9.17, 15) is 14.4 Å². The van der Waals surface area contributed by atoms with Crippen LogP contribution < -0.4 is 10.3 Å². The Balaban J connectivity index is 1.64. The van der Waals surface area contributed by atoms with Gasteiger partial charge in [0, 0.05) is 37.9 Å². The number of nitrogens with zero attached hydrogens (tertiary/aromatic N) is 3. The van der Waals surface area contributed by atoms with Crippen molar-refractivity contribution in [3.05, 3.63) is 93.7 Å². The number of hydrogen-bond acceptors (Lipinski definition) is 5. The highest BCUT2D eigenvalue weighted by Gasteiger charge is 2.38. The minimum absolute atomic E-state index is 0.00795. The molecule has 0 saturated heterocycles. The number of carbonyl (C=O) groups is 2. The zero-order valence-corrected chi connectivity index (χ0v) is 21.4. The number of hydrogen-bond donors (Lipinski definition) is 0. The molecule has 1 aliphatic carbocycles. The molecule has 5 rings (SSSR count). The van der Waals surface area contributed by atoms with Crippen LogP contribution in [0, 0.1) is 5.92 Å². The van der Waals surface area contributed by atoms with Crippen LogP contribution in [0.3, 0.4) is 0 Å². The minimum Gasteiger partial charge on any atom is -0.481 e. The van der Waals surface area contributed by atoms with Crippen molar-refractivity contribution in [2.75, 3.05) is 6.54 Å². The average Bonchev–Trinajstić information content (AvgIpc) is 2.91. The lowest BCUT2D eigenvalue weighted by Crippen LogP contribution is -2.47. The second-order valence-corrected chi connectivity index (χ2v) is 10.2. The van der Waals surface area contributed by atoms with Gasteiger partial charge in [-0.05, 0) is 43.7 Å². The van der Waals surface area contributed by atoms with Crippen molar-refractivity contribution in [2.45, 2.75) is 64.6 Å². The molecular formula is C30H33N3O4. The Bertz CT molecular complexity index is 1320. The number of Topliss-reactive ketones (excluding diaryl/α,β-unsaturated/α-hetero) is 1. The summed E-state index contributed by atoms with van der Waals surface area (Å²) in [6.07, 6.45) is 2.54. The molecule has 1 aromatic heterocycles. The molecule has 7 heteroatoms. The molecule has 1 atom stereocenters. The molecule has 0 bridgehead atoms. The maximum Gasteiger partial charge on any atom is 0.316 e. The van der Waals surface area contributed by atoms with Crippen LogP contribution in [0.1, 0.15) is 72.9 Å². The second kappa shape index (κ2) is 10.7. The van der Waals surface area contributed by atoms with Crippen molar-refractivity contribution in [1.82, 2.24) is 14.5 Å². The molecule has 1 amide bonds. The van der Waals surface area contributed by atoms with Crippen LogP contribution in [-0.4, -0.2) is 38.7 Å². The van der Waals surface area contributed by atoms with E-state index in [1.807, 2.05) is 79.1 Å². The van der Waals surface area contributed by atoms with Gasteiger partial charge in [0.2, 0.25) is 5.75 Å². The summed E-state index contributed by atoms with van der Waals surface area (Å²) < 4.78 is 7.95. The highest BCUT2D eigenvalue weighted by molar-refractivity contribution is 5.96. The molecule has 7 nitrogen and oxygen atoms in total. The summed E-state index contributed by atoms with van der Waals surface area (Å²) in [4.78, 5) is 45.8. The van der Waals surface area contributed by atoms with Crippen molar-refractivity contribution >= 4 is 11.7 Å². The molecule has 0 N–H and O–H groups in total. The fourth-order valence-electron chi connectivity index (χ4n) is 5.62. The van der Waals surface area contributed by atoms with Crippen molar-refractivity contribution in [2.24, 2.45) is 5.92 Å². The Hall–Kier alpha value is -3.74. The van der Waals surface area contributed by atoms with Gasteiger partial charge in [0.1, 0.15) is 18.2 Å². The largest absolute Gasteiger partial charge is 0.481 e. The van der Waals surface area contributed by atoms with Crippen LogP contribution in [0.25, 0.3) is 0 Å². The lowest BCUT2D eigenvalue weighted by atomic mass is 9.75. The van der Waals surface area contributed by atoms with Crippen LogP contribution in [-0.2, 0) is 17.9 Å². The smallest absolute Gasteiger partial charge is 0.316 e. The van der Waals surface area contributed by atoms with Gasteiger partial charge >= 0.3 is 5.56 Å². The Kier molecular flexibility index (Phi) is 7.22. The Labute approximate surface area is 217 Å². The SMILES string of the molecule is CC(C)N1CCn2c(C(c3ccccc3)C3CCC(=O)CC3)nc(=O)c(OCc3ccccc3)c2C1=O. The third-order valence-electron chi connectivity index (χ3n) is 7.55. The van der Waals surface area contributed by atoms with Crippen molar-refractivity contribution in [1.29, 1.82) is 0 Å². The van der Waals surface area contributed by atoms with Gasteiger partial charge in [-0.15, -0.1) is 0 Å². The lowest BCUT2D eigenvalue weighted by Gasteiger charge is -2.37. The zero-order valence-electron chi connectivity index (χ0n) is 21.4. The monoisotopic (exact) mass is 499 g/mol. The number of rotatable bonds is 7. The van der Waals surface area contributed by atoms with E-state index in [1.165, 1.54) is 0 Å². The van der Waals surface area contributed by atoms with Gasteiger partial charge in [0.15, 0.2) is 5.69 Å². The first-order valence-electron chi connectivity index (χ1n) is 13.1. The fraction of sp³-hybridized carbons (Fsp3) is 0.400. The van der Waals surface area contributed by atoms with E-state index >= 15 is 0 Å². The first-order chi connectivity index (χ1) is 17.9. The van der Waals surface area contributed by atoms with Crippen LogP contribution in [0.4, 0.5) is 0 Å². The highest BCUT2D eigenvalue weighted by atomic mass is 16.5. The van der Waals surface area contributed by atoms with Gasteiger partial charge in [-0.25, -0.2) is 0 Å². The van der Waals surface area contributed by atoms with Gasteiger partial charge < -0.3 is 14.2 Å². The van der Waals surface area contributed by atoms with Gasteiger partial charge in [-0.3, -0.25) is 14.4 Å². The number of aromatic nitrogens is 2. The average molecular weight is 500 g/mol. The number of fused-ring (bicyclic) bond motifs is 1. The molecule has 1 saturated carbocycles. The molecule has 1 unspecified atom stereocenters. The van der Waals surface area contributed by atoms with Gasteiger partial charge in [0.25, 0.3) is 5.91 Å². The topological polar surface area (TPSA) is 81.5 Å². The minimum atomic E-state index is -0.524. The first-order valence-corrected chi connectivity index (χ1v) is 13.1. The van der Waals surface area contributed by atoms with Crippen LogP contribution in [0.15, 0.2) is 65.5 Å². The summed E-state index contributed by atoms with van der Waals surface area (Å²) in [7, 11) is 0. The number of amides is 1. The second-order valence-electron chi connectivity index (χ2n) is 10.2. The maximum atomic E-state index is 13.8. The summed E-state index contributed by atoms with van der Waals surface area (Å²) in [6, 6.07) is 19.6. The molecule has 2 aliphatic rings. The van der Waals surface area contributed by atoms with E-state index in [0.717, 1.165) is 24.0 Å². The summed E-state index contributed by atoms with van der Waals surface area (Å²) in [5.41, 5.74) is 1.70. The van der Waals surface area contributed by atoms with Crippen LogP contribution >= 0.6 is 0 Å². The van der Waals surface area contributed by atoms with Crippen LogP contribution in [0.5, 0.6) is 5.75 Å². The first kappa shape index (κ1) is 24.9. The third-order valence-corrected chi connectivity index (χ3v) is 7.55. The van der Waals surface area contributed by atoms with Gasteiger partial charge in [-0.1, -0.05) is 60.7 Å². The lowest BCUT2D eigenvalue weighted by molar-refractivity contribution is -0.121. The number of ether oxygens (including phenoxy) is 1. The Morgan fingerprint density at radius 2 is 1.57 bits per heavy atom. The van der Waals surface area contributed by atoms with E-state index in [2.05, 4.69) is 4.98 Å². The molecule has 3 aromatic rings. The summed E-state index contributed by atoms with van der Waals surface area (Å²) >= 11 is 0. The third kappa shape index (κ3) is 5.08. The summed E-state index contributed by atoms with van der Waals surface area (Å²) in [6.45, 7) is 5.18. The van der Waals surface area contributed by atoms with Crippen LogP contribution in [0.2, 0.25) is 0 Å². The molecule has 2 aromatic carbocycles. The molecule has 2 heterocycles. The van der Waals surface area contributed by atoms with Crippen molar-refractivity contribution < 1.29 is 14.3 Å². The molecule has 1 aliphatic heterocycles. The van der Waals surface area contributed by atoms with Gasteiger partial charge in [0.05, 0.1) is 0 Å². The standard InChI is InChI=1S/C30H33N3O4/c1-20(2)32-17-18-33-26(30(32)36)27(37-19-21-9-5-3-6-10-21)29(35)31-28(33)25(22-11-7-4-8-12-22)23-13-15-24(34)16-14-23/h3-12,20,23,25H,13-19H2,1-2H3. The molecular weight excluding hydrogens is 466 g/mol. The molecule has 192 valence electrons. The molecule has 0 spiro atoms. The number of ketones is 1. The molecule has 0 radical (unpaired) electrons. The Morgan fingerprint density at radius 3 is 2.22 bits per heavy atom. The molecule has 1 fully saturated rings. The predicted molar refractivity (Wildman–Crippen MR) is 141 cm³/mol. The van der Waals surface area contributed by atoms with Gasteiger partial charge in [-0.2, -0.15) is 4.98 Å². The predicted octanol–water partition coefficient (Wildman–Crippen LogP) is 4.58. The maximum absolute atomic E-state index is 13.8. The Morgan fingerprint density at radius 1 is 0.919 bits per heavy atom. The highest BCUT2D eigenvalue weighted by Crippen LogP contribution is 2.40. The van der Waals surface area contributed by atoms with Crippen molar-refractivity contribution in [3.8, 4) is 5.75 Å². The quantitative estimate of drug-likeness (QED) is 0.475. The fourth-order valence-corrected chi connectivity index (χ4v) is 5.62. The number of carbonyl (C=O) groups excluding carboxylic acids is 2. The molecule has 37 heavy (non-hydrogen) atoms. The van der Waals surface area contributed by atoms with E-state index in [1.54, 1.807) is 4.90 Å². The number of benzene rings is 2. The van der Waals surface area contributed by atoms with E-state index in [4.69, 9.17) is 4.74 Å².